The van der Waals surface area contributed by atoms with Gasteiger partial charge in [-0.1, -0.05) is 13.3 Å². The van der Waals surface area contributed by atoms with Crippen molar-refractivity contribution < 1.29 is 23.1 Å². The van der Waals surface area contributed by atoms with Crippen LogP contribution in [0.25, 0.3) is 0 Å². The molecule has 110 valence electrons. The molecule has 0 aromatic rings. The van der Waals surface area contributed by atoms with Crippen molar-refractivity contribution in [2.45, 2.75) is 39.2 Å². The first-order valence-electron chi connectivity index (χ1n) is 6.52. The van der Waals surface area contributed by atoms with Gasteiger partial charge in [-0.15, -0.1) is 0 Å². The molecular weight excluding hydrogens is 270 g/mol. The number of amides is 1. The van der Waals surface area contributed by atoms with Gasteiger partial charge in [-0.2, -0.15) is 0 Å². The molecule has 1 rings (SSSR count). The van der Waals surface area contributed by atoms with E-state index in [2.05, 4.69) is 0 Å². The van der Waals surface area contributed by atoms with Gasteiger partial charge in [-0.3, -0.25) is 9.59 Å². The van der Waals surface area contributed by atoms with Crippen LogP contribution in [0.1, 0.15) is 33.1 Å². The minimum atomic E-state index is -3.09. The summed E-state index contributed by atoms with van der Waals surface area (Å²) in [6.45, 7) is 3.73. The normalized spacial score (nSPS) is 22.9. The fourth-order valence-electron chi connectivity index (χ4n) is 2.18. The molecular formula is C12H21NO5S. The number of hydrogen-bond donors (Lipinski definition) is 1. The number of carbonyl (C=O) groups is 2. The molecule has 0 saturated carbocycles. The van der Waals surface area contributed by atoms with E-state index in [-0.39, 0.29) is 17.5 Å². The topological polar surface area (TPSA) is 91.8 Å². The summed E-state index contributed by atoms with van der Waals surface area (Å²) < 4.78 is 23.0. The SMILES string of the molecule is CCCCN(C(=O)C(C)C(=O)O)C1CCS(=O)(=O)C1. The van der Waals surface area contributed by atoms with Crippen molar-refractivity contribution in [3.63, 3.8) is 0 Å². The lowest BCUT2D eigenvalue weighted by atomic mass is 10.1. The summed E-state index contributed by atoms with van der Waals surface area (Å²) in [6, 6.07) is -0.370. The number of nitrogens with zero attached hydrogens (tertiary/aromatic N) is 1. The van der Waals surface area contributed by atoms with Gasteiger partial charge >= 0.3 is 5.97 Å². The van der Waals surface area contributed by atoms with E-state index >= 15 is 0 Å². The molecule has 0 radical (unpaired) electrons. The molecule has 0 aromatic carbocycles. The van der Waals surface area contributed by atoms with Crippen molar-refractivity contribution in [3.8, 4) is 0 Å². The van der Waals surface area contributed by atoms with Crippen LogP contribution in [-0.4, -0.2) is 54.4 Å². The van der Waals surface area contributed by atoms with Crippen molar-refractivity contribution in [2.24, 2.45) is 5.92 Å². The summed E-state index contributed by atoms with van der Waals surface area (Å²) in [6.07, 6.45) is 2.02. The van der Waals surface area contributed by atoms with Crippen LogP contribution >= 0.6 is 0 Å². The van der Waals surface area contributed by atoms with Crippen LogP contribution in [0.3, 0.4) is 0 Å². The zero-order valence-electron chi connectivity index (χ0n) is 11.3. The molecule has 1 aliphatic rings. The summed E-state index contributed by atoms with van der Waals surface area (Å²) in [4.78, 5) is 24.5. The highest BCUT2D eigenvalue weighted by molar-refractivity contribution is 7.91. The third kappa shape index (κ3) is 4.19. The van der Waals surface area contributed by atoms with Crippen molar-refractivity contribution in [1.82, 2.24) is 4.90 Å². The van der Waals surface area contributed by atoms with Crippen molar-refractivity contribution >= 4 is 21.7 Å². The number of carboxylic acids is 1. The van der Waals surface area contributed by atoms with Gasteiger partial charge in [-0.05, 0) is 19.8 Å². The second-order valence-electron chi connectivity index (χ2n) is 5.00. The van der Waals surface area contributed by atoms with E-state index in [1.807, 2.05) is 6.92 Å². The molecule has 1 N–H and O–H groups in total. The standard InChI is InChI=1S/C12H21NO5S/c1-3-4-6-13(11(14)9(2)12(15)16)10-5-7-19(17,18)8-10/h9-10H,3-8H2,1-2H3,(H,15,16). The monoisotopic (exact) mass is 291 g/mol. The van der Waals surface area contributed by atoms with Crippen LogP contribution < -0.4 is 0 Å². The lowest BCUT2D eigenvalue weighted by molar-refractivity contribution is -0.151. The molecule has 19 heavy (non-hydrogen) atoms. The van der Waals surface area contributed by atoms with Crippen molar-refractivity contribution in [1.29, 1.82) is 0 Å². The van der Waals surface area contributed by atoms with Gasteiger partial charge in [0.05, 0.1) is 11.5 Å². The molecule has 7 heteroatoms. The van der Waals surface area contributed by atoms with E-state index in [4.69, 9.17) is 5.11 Å². The number of aliphatic carboxylic acids is 1. The Morgan fingerprint density at radius 1 is 1.42 bits per heavy atom. The van der Waals surface area contributed by atoms with E-state index in [1.165, 1.54) is 11.8 Å². The molecule has 1 fully saturated rings. The maximum absolute atomic E-state index is 12.1. The molecule has 1 heterocycles. The third-order valence-electron chi connectivity index (χ3n) is 3.43. The summed E-state index contributed by atoms with van der Waals surface area (Å²) in [5.41, 5.74) is 0. The lowest BCUT2D eigenvalue weighted by Crippen LogP contribution is -2.45. The Bertz CT molecular complexity index is 445. The van der Waals surface area contributed by atoms with Crippen LogP contribution in [0.5, 0.6) is 0 Å². The van der Waals surface area contributed by atoms with Crippen LogP contribution in [0, 0.1) is 5.92 Å². The van der Waals surface area contributed by atoms with Crippen molar-refractivity contribution in [3.05, 3.63) is 0 Å². The van der Waals surface area contributed by atoms with Gasteiger partial charge in [0.1, 0.15) is 5.92 Å². The number of sulfone groups is 1. The Balaban J connectivity index is 2.83. The average molecular weight is 291 g/mol. The fourth-order valence-corrected chi connectivity index (χ4v) is 3.91. The second kappa shape index (κ2) is 6.36. The Kier molecular flexibility index (Phi) is 5.34. The van der Waals surface area contributed by atoms with Crippen LogP contribution in [0.2, 0.25) is 0 Å². The maximum atomic E-state index is 12.1. The molecule has 2 atom stereocenters. The molecule has 1 amide bonds. The minimum Gasteiger partial charge on any atom is -0.481 e. The van der Waals surface area contributed by atoms with Crippen LogP contribution in [0.15, 0.2) is 0 Å². The first kappa shape index (κ1) is 15.9. The molecule has 0 aromatic heterocycles. The largest absolute Gasteiger partial charge is 0.481 e. The van der Waals surface area contributed by atoms with E-state index in [0.29, 0.717) is 13.0 Å². The summed E-state index contributed by atoms with van der Waals surface area (Å²) in [7, 11) is -3.09. The number of rotatable bonds is 6. The summed E-state index contributed by atoms with van der Waals surface area (Å²) >= 11 is 0. The molecule has 0 bridgehead atoms. The zero-order chi connectivity index (χ0) is 14.6. The van der Waals surface area contributed by atoms with E-state index in [9.17, 15) is 18.0 Å². The average Bonchev–Trinajstić information content (AvgIpc) is 2.68. The zero-order valence-corrected chi connectivity index (χ0v) is 12.1. The molecule has 1 saturated heterocycles. The van der Waals surface area contributed by atoms with E-state index < -0.39 is 27.6 Å². The smallest absolute Gasteiger partial charge is 0.315 e. The molecule has 0 spiro atoms. The van der Waals surface area contributed by atoms with Gasteiger partial charge in [0.2, 0.25) is 5.91 Å². The summed E-state index contributed by atoms with van der Waals surface area (Å²) in [5.74, 6) is -2.75. The molecule has 0 aliphatic carbocycles. The predicted molar refractivity (Wildman–Crippen MR) is 70.5 cm³/mol. The van der Waals surface area contributed by atoms with Gasteiger partial charge in [0.25, 0.3) is 0 Å². The fraction of sp³-hybridized carbons (Fsp3) is 0.833. The molecule has 1 aliphatic heterocycles. The number of carboxylic acid groups (broad SMARTS) is 1. The van der Waals surface area contributed by atoms with E-state index in [1.54, 1.807) is 0 Å². The maximum Gasteiger partial charge on any atom is 0.315 e. The van der Waals surface area contributed by atoms with Crippen LogP contribution in [0.4, 0.5) is 0 Å². The Labute approximate surface area is 113 Å². The second-order valence-corrected chi connectivity index (χ2v) is 7.23. The summed E-state index contributed by atoms with van der Waals surface area (Å²) in [5, 5.41) is 8.91. The van der Waals surface area contributed by atoms with Gasteiger partial charge < -0.3 is 10.0 Å². The first-order chi connectivity index (χ1) is 8.78. The lowest BCUT2D eigenvalue weighted by Gasteiger charge is -2.29. The number of hydrogen-bond acceptors (Lipinski definition) is 4. The quantitative estimate of drug-likeness (QED) is 0.720. The first-order valence-corrected chi connectivity index (χ1v) is 8.34. The van der Waals surface area contributed by atoms with Gasteiger partial charge in [0, 0.05) is 12.6 Å². The van der Waals surface area contributed by atoms with Gasteiger partial charge in [0.15, 0.2) is 9.84 Å². The molecule has 6 nitrogen and oxygen atoms in total. The Morgan fingerprint density at radius 3 is 2.47 bits per heavy atom. The van der Waals surface area contributed by atoms with Crippen molar-refractivity contribution in [2.75, 3.05) is 18.1 Å². The number of unbranched alkanes of at least 4 members (excludes halogenated alkanes) is 1. The predicted octanol–water partition coefficient (Wildman–Crippen LogP) is 0.523. The van der Waals surface area contributed by atoms with E-state index in [0.717, 1.165) is 12.8 Å². The number of carbonyl (C=O) groups excluding carboxylic acids is 1. The van der Waals surface area contributed by atoms with Crippen LogP contribution in [-0.2, 0) is 19.4 Å². The highest BCUT2D eigenvalue weighted by atomic mass is 32.2. The molecule has 2 unspecified atom stereocenters. The van der Waals surface area contributed by atoms with Gasteiger partial charge in [-0.25, -0.2) is 8.42 Å². The highest BCUT2D eigenvalue weighted by Gasteiger charge is 2.37. The minimum absolute atomic E-state index is 0.0468. The highest BCUT2D eigenvalue weighted by Crippen LogP contribution is 2.20. The Morgan fingerprint density at radius 2 is 2.05 bits per heavy atom. The third-order valence-corrected chi connectivity index (χ3v) is 5.18. The Hall–Kier alpha value is -1.11.